The number of aromatic amines is 1. The van der Waals surface area contributed by atoms with Gasteiger partial charge in [-0.15, -0.1) is 0 Å². The Bertz CT molecular complexity index is 709. The van der Waals surface area contributed by atoms with E-state index >= 15 is 0 Å². The topological polar surface area (TPSA) is 64.2 Å². The summed E-state index contributed by atoms with van der Waals surface area (Å²) in [7, 11) is 0. The molecular weight excluding hydrogens is 268 g/mol. The summed E-state index contributed by atoms with van der Waals surface area (Å²) in [6, 6.07) is 7.47. The minimum atomic E-state index is -0.367. The molecule has 1 aromatic heterocycles. The number of H-pyrrole nitrogens is 1. The van der Waals surface area contributed by atoms with E-state index in [0.717, 1.165) is 37.0 Å². The van der Waals surface area contributed by atoms with Crippen molar-refractivity contribution in [3.63, 3.8) is 0 Å². The second-order valence-electron chi connectivity index (χ2n) is 5.85. The lowest BCUT2D eigenvalue weighted by Crippen LogP contribution is -2.35. The van der Waals surface area contributed by atoms with Crippen LogP contribution in [-0.4, -0.2) is 29.0 Å². The number of nitrogens with zero attached hydrogens (tertiary/aromatic N) is 1. The number of nitrogens with one attached hydrogen (secondary N) is 1. The zero-order valence-corrected chi connectivity index (χ0v) is 11.8. The second-order valence-corrected chi connectivity index (χ2v) is 5.85. The van der Waals surface area contributed by atoms with Crippen LogP contribution in [0.1, 0.15) is 37.4 Å². The largest absolute Gasteiger partial charge is 0.348 e. The zero-order chi connectivity index (χ0) is 14.3. The zero-order valence-electron chi connectivity index (χ0n) is 11.8. The fraction of sp³-hybridized carbons (Fsp3) is 0.500. The van der Waals surface area contributed by atoms with Crippen LogP contribution in [0.4, 0.5) is 0 Å². The minimum absolute atomic E-state index is 0.0516. The summed E-state index contributed by atoms with van der Waals surface area (Å²) in [5.41, 5.74) is 0.717. The van der Waals surface area contributed by atoms with E-state index in [1.54, 1.807) is 6.07 Å². The van der Waals surface area contributed by atoms with E-state index in [0.29, 0.717) is 18.6 Å². The molecular formula is C16H18N2O3. The maximum atomic E-state index is 12.1. The number of hydrogen-bond acceptors (Lipinski definition) is 4. The molecule has 21 heavy (non-hydrogen) atoms. The van der Waals surface area contributed by atoms with E-state index in [1.165, 1.54) is 0 Å². The molecule has 1 spiro atoms. The smallest absolute Gasteiger partial charge is 0.258 e. The van der Waals surface area contributed by atoms with E-state index < -0.39 is 0 Å². The molecule has 2 aliphatic rings. The molecule has 1 saturated carbocycles. The Morgan fingerprint density at radius 2 is 1.86 bits per heavy atom. The van der Waals surface area contributed by atoms with Gasteiger partial charge in [0, 0.05) is 18.8 Å². The molecule has 0 unspecified atom stereocenters. The van der Waals surface area contributed by atoms with Crippen molar-refractivity contribution in [2.24, 2.45) is 0 Å². The van der Waals surface area contributed by atoms with E-state index in [9.17, 15) is 4.79 Å². The molecule has 2 heterocycles. The first-order chi connectivity index (χ1) is 10.3. The summed E-state index contributed by atoms with van der Waals surface area (Å²) in [6.07, 6.45) is 3.60. The lowest BCUT2D eigenvalue weighted by molar-refractivity contribution is -0.179. The van der Waals surface area contributed by atoms with Crippen LogP contribution in [0.25, 0.3) is 10.9 Å². The average molecular weight is 286 g/mol. The molecule has 4 rings (SSSR count). The van der Waals surface area contributed by atoms with Crippen LogP contribution in [0.2, 0.25) is 0 Å². The van der Waals surface area contributed by atoms with Crippen molar-refractivity contribution in [2.75, 3.05) is 13.2 Å². The monoisotopic (exact) mass is 286 g/mol. The number of ether oxygens (including phenoxy) is 2. The Morgan fingerprint density at radius 1 is 1.14 bits per heavy atom. The van der Waals surface area contributed by atoms with Crippen LogP contribution in [0, 0.1) is 0 Å². The summed E-state index contributed by atoms with van der Waals surface area (Å²) in [6.45, 7) is 1.38. The Labute approximate surface area is 122 Å². The first kappa shape index (κ1) is 13.0. The van der Waals surface area contributed by atoms with Crippen LogP contribution < -0.4 is 5.56 Å². The number of rotatable bonds is 1. The van der Waals surface area contributed by atoms with E-state index in [2.05, 4.69) is 9.97 Å². The highest BCUT2D eigenvalue weighted by Crippen LogP contribution is 2.41. The highest BCUT2D eigenvalue weighted by atomic mass is 16.7. The number of benzene rings is 1. The summed E-state index contributed by atoms with van der Waals surface area (Å²) in [4.78, 5) is 19.7. The second kappa shape index (κ2) is 4.93. The van der Waals surface area contributed by atoms with Crippen molar-refractivity contribution < 1.29 is 9.47 Å². The number of para-hydroxylation sites is 1. The lowest BCUT2D eigenvalue weighted by atomic mass is 9.84. The van der Waals surface area contributed by atoms with Crippen LogP contribution in [0.3, 0.4) is 0 Å². The first-order valence-corrected chi connectivity index (χ1v) is 7.53. The van der Waals surface area contributed by atoms with Crippen molar-refractivity contribution in [1.29, 1.82) is 0 Å². The number of aromatic nitrogens is 2. The van der Waals surface area contributed by atoms with Gasteiger partial charge in [-0.2, -0.15) is 0 Å². The quantitative estimate of drug-likeness (QED) is 0.874. The fourth-order valence-electron chi connectivity index (χ4n) is 3.41. The van der Waals surface area contributed by atoms with Gasteiger partial charge in [-0.05, 0) is 25.0 Å². The predicted molar refractivity (Wildman–Crippen MR) is 78.2 cm³/mol. The minimum Gasteiger partial charge on any atom is -0.348 e. The third-order valence-electron chi connectivity index (χ3n) is 4.58. The number of fused-ring (bicyclic) bond motifs is 1. The summed E-state index contributed by atoms with van der Waals surface area (Å²) in [5.74, 6) is 0.709. The normalized spacial score (nSPS) is 22.1. The Morgan fingerprint density at radius 3 is 2.62 bits per heavy atom. The highest BCUT2D eigenvalue weighted by Gasteiger charge is 2.41. The van der Waals surface area contributed by atoms with Crippen LogP contribution in [-0.2, 0) is 9.47 Å². The Kier molecular flexibility index (Phi) is 3.05. The van der Waals surface area contributed by atoms with Crippen molar-refractivity contribution in [1.82, 2.24) is 9.97 Å². The van der Waals surface area contributed by atoms with E-state index in [1.807, 2.05) is 18.2 Å². The van der Waals surface area contributed by atoms with Crippen molar-refractivity contribution >= 4 is 10.9 Å². The summed E-state index contributed by atoms with van der Waals surface area (Å²) in [5, 5.41) is 0.649. The summed E-state index contributed by atoms with van der Waals surface area (Å²) < 4.78 is 11.5. The molecule has 2 fully saturated rings. The molecule has 1 aromatic carbocycles. The van der Waals surface area contributed by atoms with Crippen LogP contribution >= 0.6 is 0 Å². The fourth-order valence-corrected chi connectivity index (χ4v) is 3.41. The molecule has 1 aliphatic carbocycles. The molecule has 1 aliphatic heterocycles. The van der Waals surface area contributed by atoms with Crippen LogP contribution in [0.5, 0.6) is 0 Å². The van der Waals surface area contributed by atoms with Gasteiger partial charge in [-0.1, -0.05) is 12.1 Å². The first-order valence-electron chi connectivity index (χ1n) is 7.53. The molecule has 1 N–H and O–H groups in total. The van der Waals surface area contributed by atoms with Gasteiger partial charge in [-0.25, -0.2) is 4.98 Å². The average Bonchev–Trinajstić information content (AvgIpc) is 2.96. The van der Waals surface area contributed by atoms with Gasteiger partial charge in [0.2, 0.25) is 0 Å². The maximum absolute atomic E-state index is 12.1. The lowest BCUT2D eigenvalue weighted by Gasteiger charge is -2.34. The van der Waals surface area contributed by atoms with Gasteiger partial charge in [0.25, 0.3) is 5.56 Å². The Hall–Kier alpha value is -1.72. The molecule has 0 bridgehead atoms. The van der Waals surface area contributed by atoms with Gasteiger partial charge in [0.05, 0.1) is 24.1 Å². The summed E-state index contributed by atoms with van der Waals surface area (Å²) >= 11 is 0. The predicted octanol–water partition coefficient (Wildman–Crippen LogP) is 2.32. The van der Waals surface area contributed by atoms with Gasteiger partial charge in [0.1, 0.15) is 5.82 Å². The van der Waals surface area contributed by atoms with E-state index in [4.69, 9.17) is 9.47 Å². The number of hydrogen-bond donors (Lipinski definition) is 1. The molecule has 0 atom stereocenters. The van der Waals surface area contributed by atoms with Crippen LogP contribution in [0.15, 0.2) is 29.1 Å². The standard InChI is InChI=1S/C16H18N2O3/c19-15-12-3-1-2-4-13(12)17-14(18-15)11-5-7-16(8-6-11)20-9-10-21-16/h1-4,11H,5-10H2,(H,17,18,19). The van der Waals surface area contributed by atoms with Crippen molar-refractivity contribution in [3.05, 3.63) is 40.4 Å². The highest BCUT2D eigenvalue weighted by molar-refractivity contribution is 5.77. The van der Waals surface area contributed by atoms with E-state index in [-0.39, 0.29) is 17.3 Å². The molecule has 0 amide bonds. The molecule has 1 saturated heterocycles. The molecule has 5 heteroatoms. The van der Waals surface area contributed by atoms with Gasteiger partial charge in [0.15, 0.2) is 5.79 Å². The van der Waals surface area contributed by atoms with Crippen molar-refractivity contribution in [3.8, 4) is 0 Å². The maximum Gasteiger partial charge on any atom is 0.258 e. The molecule has 5 nitrogen and oxygen atoms in total. The molecule has 2 aromatic rings. The Balaban J connectivity index is 1.61. The van der Waals surface area contributed by atoms with Crippen molar-refractivity contribution in [2.45, 2.75) is 37.4 Å². The SMILES string of the molecule is O=c1[nH]c(C2CCC3(CC2)OCCO3)nc2ccccc12. The van der Waals surface area contributed by atoms with Gasteiger partial charge >= 0.3 is 0 Å². The molecule has 110 valence electrons. The third-order valence-corrected chi connectivity index (χ3v) is 4.58. The van der Waals surface area contributed by atoms with Gasteiger partial charge < -0.3 is 14.5 Å². The molecule has 0 radical (unpaired) electrons. The third kappa shape index (κ3) is 2.26. The van der Waals surface area contributed by atoms with Gasteiger partial charge in [-0.3, -0.25) is 4.79 Å².